The van der Waals surface area contributed by atoms with Crippen LogP contribution in [0.15, 0.2) is 24.7 Å². The highest BCUT2D eigenvalue weighted by atomic mass is 16.6. The minimum Gasteiger partial charge on any atom is -0.357 e. The molecule has 0 amide bonds. The van der Waals surface area contributed by atoms with Crippen molar-refractivity contribution in [3.05, 3.63) is 46.2 Å². The summed E-state index contributed by atoms with van der Waals surface area (Å²) in [5.41, 5.74) is 0.730. The van der Waals surface area contributed by atoms with Gasteiger partial charge in [0.2, 0.25) is 5.82 Å². The Labute approximate surface area is 104 Å². The molecular formula is C11H13N5O2. The fraction of sp³-hybridized carbons (Fsp3) is 0.273. The molecule has 18 heavy (non-hydrogen) atoms. The fourth-order valence-electron chi connectivity index (χ4n) is 1.56. The van der Waals surface area contributed by atoms with Crippen molar-refractivity contribution in [3.63, 3.8) is 0 Å². The van der Waals surface area contributed by atoms with E-state index in [2.05, 4.69) is 15.3 Å². The van der Waals surface area contributed by atoms with Crippen LogP contribution in [0.1, 0.15) is 11.4 Å². The molecule has 0 atom stereocenters. The van der Waals surface area contributed by atoms with E-state index in [1.165, 1.54) is 6.07 Å². The molecule has 0 bridgehead atoms. The molecule has 7 nitrogen and oxygen atoms in total. The van der Waals surface area contributed by atoms with Gasteiger partial charge in [-0.25, -0.2) is 9.97 Å². The first-order valence-corrected chi connectivity index (χ1v) is 5.39. The van der Waals surface area contributed by atoms with E-state index in [4.69, 9.17) is 0 Å². The Hall–Kier alpha value is -2.44. The molecule has 2 aromatic heterocycles. The Balaban J connectivity index is 2.19. The number of aromatic nitrogens is 3. The van der Waals surface area contributed by atoms with E-state index in [0.29, 0.717) is 6.54 Å². The van der Waals surface area contributed by atoms with Gasteiger partial charge >= 0.3 is 5.69 Å². The molecule has 0 aliphatic carbocycles. The SMILES string of the molecule is Cc1cnc(NCc2nccn2C)c([N+](=O)[O-])c1. The van der Waals surface area contributed by atoms with Crippen LogP contribution in [0.4, 0.5) is 11.5 Å². The van der Waals surface area contributed by atoms with Gasteiger partial charge in [0.15, 0.2) is 0 Å². The molecule has 2 rings (SSSR count). The Bertz CT molecular complexity index is 579. The van der Waals surface area contributed by atoms with Crippen LogP contribution >= 0.6 is 0 Å². The number of hydrogen-bond acceptors (Lipinski definition) is 5. The van der Waals surface area contributed by atoms with Crippen LogP contribution in [0.25, 0.3) is 0 Å². The molecule has 0 aliphatic rings. The number of anilines is 1. The summed E-state index contributed by atoms with van der Waals surface area (Å²) in [6.45, 7) is 2.16. The highest BCUT2D eigenvalue weighted by molar-refractivity contribution is 5.56. The van der Waals surface area contributed by atoms with Crippen LogP contribution in [0.2, 0.25) is 0 Å². The largest absolute Gasteiger partial charge is 0.357 e. The van der Waals surface area contributed by atoms with E-state index < -0.39 is 4.92 Å². The molecular weight excluding hydrogens is 234 g/mol. The monoisotopic (exact) mass is 247 g/mol. The van der Waals surface area contributed by atoms with Gasteiger partial charge in [-0.2, -0.15) is 0 Å². The average molecular weight is 247 g/mol. The van der Waals surface area contributed by atoms with E-state index in [-0.39, 0.29) is 11.5 Å². The second-order valence-corrected chi connectivity index (χ2v) is 3.95. The van der Waals surface area contributed by atoms with Crippen molar-refractivity contribution in [2.45, 2.75) is 13.5 Å². The van der Waals surface area contributed by atoms with Crippen molar-refractivity contribution >= 4 is 11.5 Å². The first kappa shape index (κ1) is 12.0. The average Bonchev–Trinajstić information content (AvgIpc) is 2.73. The quantitative estimate of drug-likeness (QED) is 0.655. The molecule has 0 saturated heterocycles. The standard InChI is InChI=1S/C11H13N5O2/c1-8-5-9(16(17)18)11(13-6-8)14-7-10-12-3-4-15(10)2/h3-6H,7H2,1-2H3,(H,13,14). The number of hydrogen-bond donors (Lipinski definition) is 1. The van der Waals surface area contributed by atoms with E-state index in [1.54, 1.807) is 19.3 Å². The Morgan fingerprint density at radius 1 is 1.50 bits per heavy atom. The van der Waals surface area contributed by atoms with Gasteiger partial charge in [0, 0.05) is 31.7 Å². The van der Waals surface area contributed by atoms with E-state index in [1.807, 2.05) is 17.8 Å². The maximum Gasteiger partial charge on any atom is 0.311 e. The summed E-state index contributed by atoms with van der Waals surface area (Å²) in [6.07, 6.45) is 5.08. The highest BCUT2D eigenvalue weighted by Gasteiger charge is 2.15. The van der Waals surface area contributed by atoms with E-state index in [0.717, 1.165) is 11.4 Å². The van der Waals surface area contributed by atoms with E-state index >= 15 is 0 Å². The lowest BCUT2D eigenvalue weighted by Gasteiger charge is -2.06. The van der Waals surface area contributed by atoms with Gasteiger partial charge in [-0.3, -0.25) is 10.1 Å². The molecule has 0 saturated carbocycles. The van der Waals surface area contributed by atoms with Gasteiger partial charge in [-0.05, 0) is 12.5 Å². The van der Waals surface area contributed by atoms with Crippen molar-refractivity contribution in [3.8, 4) is 0 Å². The zero-order valence-corrected chi connectivity index (χ0v) is 10.1. The predicted octanol–water partition coefficient (Wildman–Crippen LogP) is 1.64. The topological polar surface area (TPSA) is 85.9 Å². The van der Waals surface area contributed by atoms with Crippen LogP contribution in [-0.2, 0) is 13.6 Å². The van der Waals surface area contributed by atoms with E-state index in [9.17, 15) is 10.1 Å². The molecule has 7 heteroatoms. The Kier molecular flexibility index (Phi) is 3.22. The lowest BCUT2D eigenvalue weighted by Crippen LogP contribution is -2.08. The van der Waals surface area contributed by atoms with Gasteiger partial charge in [-0.15, -0.1) is 0 Å². The lowest BCUT2D eigenvalue weighted by atomic mass is 10.3. The Morgan fingerprint density at radius 3 is 2.89 bits per heavy atom. The summed E-state index contributed by atoms with van der Waals surface area (Å²) in [4.78, 5) is 18.6. The van der Waals surface area contributed by atoms with Crippen LogP contribution < -0.4 is 5.32 Å². The Morgan fingerprint density at radius 2 is 2.28 bits per heavy atom. The minimum atomic E-state index is -0.444. The molecule has 94 valence electrons. The second kappa shape index (κ2) is 4.82. The van der Waals surface area contributed by atoms with Crippen LogP contribution in [0, 0.1) is 17.0 Å². The van der Waals surface area contributed by atoms with Gasteiger partial charge in [0.25, 0.3) is 0 Å². The zero-order valence-electron chi connectivity index (χ0n) is 10.1. The molecule has 0 aliphatic heterocycles. The number of imidazole rings is 1. The number of nitro groups is 1. The van der Waals surface area contributed by atoms with Gasteiger partial charge < -0.3 is 9.88 Å². The smallest absolute Gasteiger partial charge is 0.311 e. The summed E-state index contributed by atoms with van der Waals surface area (Å²) in [5, 5.41) is 13.8. The predicted molar refractivity (Wildman–Crippen MR) is 66.2 cm³/mol. The van der Waals surface area contributed by atoms with Gasteiger partial charge in [-0.1, -0.05) is 0 Å². The molecule has 2 aromatic rings. The van der Waals surface area contributed by atoms with Crippen molar-refractivity contribution in [1.29, 1.82) is 0 Å². The van der Waals surface area contributed by atoms with Crippen LogP contribution in [0.5, 0.6) is 0 Å². The third kappa shape index (κ3) is 2.45. The number of nitrogens with one attached hydrogen (secondary N) is 1. The van der Waals surface area contributed by atoms with Crippen molar-refractivity contribution < 1.29 is 4.92 Å². The zero-order chi connectivity index (χ0) is 13.1. The summed E-state index contributed by atoms with van der Waals surface area (Å²) in [5.74, 6) is 1.04. The van der Waals surface area contributed by atoms with Crippen molar-refractivity contribution in [2.75, 3.05) is 5.32 Å². The molecule has 1 N–H and O–H groups in total. The summed E-state index contributed by atoms with van der Waals surface area (Å²) < 4.78 is 1.84. The fourth-order valence-corrected chi connectivity index (χ4v) is 1.56. The van der Waals surface area contributed by atoms with Crippen molar-refractivity contribution in [1.82, 2.24) is 14.5 Å². The lowest BCUT2D eigenvalue weighted by molar-refractivity contribution is -0.384. The van der Waals surface area contributed by atoms with Crippen LogP contribution in [-0.4, -0.2) is 19.5 Å². The molecule has 2 heterocycles. The third-order valence-corrected chi connectivity index (χ3v) is 2.54. The normalized spacial score (nSPS) is 10.3. The van der Waals surface area contributed by atoms with Crippen LogP contribution in [0.3, 0.4) is 0 Å². The number of aryl methyl sites for hydroxylation is 2. The summed E-state index contributed by atoms with van der Waals surface area (Å²) in [7, 11) is 1.86. The first-order chi connectivity index (χ1) is 8.58. The van der Waals surface area contributed by atoms with Gasteiger partial charge in [0.05, 0.1) is 11.5 Å². The summed E-state index contributed by atoms with van der Waals surface area (Å²) >= 11 is 0. The first-order valence-electron chi connectivity index (χ1n) is 5.39. The number of nitrogens with zero attached hydrogens (tertiary/aromatic N) is 4. The molecule has 0 radical (unpaired) electrons. The second-order valence-electron chi connectivity index (χ2n) is 3.95. The van der Waals surface area contributed by atoms with Gasteiger partial charge in [0.1, 0.15) is 5.82 Å². The molecule has 0 unspecified atom stereocenters. The maximum absolute atomic E-state index is 10.9. The maximum atomic E-state index is 10.9. The van der Waals surface area contributed by atoms with Crippen molar-refractivity contribution in [2.24, 2.45) is 7.05 Å². The number of pyridine rings is 1. The highest BCUT2D eigenvalue weighted by Crippen LogP contribution is 2.22. The molecule has 0 spiro atoms. The number of rotatable bonds is 4. The minimum absolute atomic E-state index is 0.0239. The summed E-state index contributed by atoms with van der Waals surface area (Å²) in [6, 6.07) is 1.49. The molecule has 0 aromatic carbocycles. The third-order valence-electron chi connectivity index (χ3n) is 2.54. The molecule has 0 fully saturated rings.